The van der Waals surface area contributed by atoms with Gasteiger partial charge in [-0.2, -0.15) is 0 Å². The predicted molar refractivity (Wildman–Crippen MR) is 106 cm³/mol. The maximum atomic E-state index is 12.9. The van der Waals surface area contributed by atoms with Crippen molar-refractivity contribution in [3.05, 3.63) is 34.3 Å². The van der Waals surface area contributed by atoms with E-state index in [1.165, 1.54) is 11.3 Å². The van der Waals surface area contributed by atoms with Gasteiger partial charge in [-0.15, -0.1) is 11.3 Å². The first-order valence-corrected chi connectivity index (χ1v) is 10.5. The fraction of sp³-hybridized carbons (Fsp3) is 0.421. The van der Waals surface area contributed by atoms with Crippen LogP contribution < -0.4 is 14.8 Å². The molecule has 1 atom stereocenters. The number of benzene rings is 1. The first kappa shape index (κ1) is 19.0. The highest BCUT2D eigenvalue weighted by Crippen LogP contribution is 2.38. The number of thiazole rings is 1. The van der Waals surface area contributed by atoms with Crippen molar-refractivity contribution in [2.24, 2.45) is 0 Å². The molecule has 2 aliphatic rings. The lowest BCUT2D eigenvalue weighted by Gasteiger charge is -2.24. The molecule has 0 radical (unpaired) electrons. The standard InChI is InChI=1S/C19H20ClN3O4S/c20-13-9-12(10-15-17(13)27-7-2-6-26-15)11-16(24)23-5-1-3-14(23)18(25)22-19-21-4-8-28-19/h4,8-10,14H,1-3,5-7,11H2,(H,21,22,25)/t14-/m0/s1. The van der Waals surface area contributed by atoms with Gasteiger partial charge in [0.05, 0.1) is 24.7 Å². The lowest BCUT2D eigenvalue weighted by Crippen LogP contribution is -2.43. The quantitative estimate of drug-likeness (QED) is 0.820. The van der Waals surface area contributed by atoms with Gasteiger partial charge >= 0.3 is 0 Å². The van der Waals surface area contributed by atoms with Crippen LogP contribution in [-0.4, -0.2) is 47.5 Å². The zero-order valence-corrected chi connectivity index (χ0v) is 16.7. The summed E-state index contributed by atoms with van der Waals surface area (Å²) < 4.78 is 11.3. The number of aromatic nitrogens is 1. The van der Waals surface area contributed by atoms with Crippen molar-refractivity contribution < 1.29 is 19.1 Å². The van der Waals surface area contributed by atoms with E-state index in [1.807, 2.05) is 0 Å². The van der Waals surface area contributed by atoms with Gasteiger partial charge in [-0.25, -0.2) is 4.98 Å². The average Bonchev–Trinajstić information content (AvgIpc) is 3.30. The van der Waals surface area contributed by atoms with Crippen molar-refractivity contribution in [3.63, 3.8) is 0 Å². The van der Waals surface area contributed by atoms with Gasteiger partial charge in [-0.1, -0.05) is 11.6 Å². The second kappa shape index (κ2) is 8.36. The zero-order valence-electron chi connectivity index (χ0n) is 15.2. The fourth-order valence-electron chi connectivity index (χ4n) is 3.47. The zero-order chi connectivity index (χ0) is 19.5. The Balaban J connectivity index is 1.46. The lowest BCUT2D eigenvalue weighted by atomic mass is 10.1. The van der Waals surface area contributed by atoms with Crippen LogP contribution in [0.25, 0.3) is 0 Å². The Bertz CT molecular complexity index is 874. The third-order valence-corrected chi connectivity index (χ3v) is 5.72. The molecular weight excluding hydrogens is 402 g/mol. The van der Waals surface area contributed by atoms with Gasteiger partial charge in [0.1, 0.15) is 6.04 Å². The third kappa shape index (κ3) is 4.07. The molecule has 0 unspecified atom stereocenters. The number of nitrogens with one attached hydrogen (secondary N) is 1. The third-order valence-electron chi connectivity index (χ3n) is 4.76. The number of hydrogen-bond donors (Lipinski definition) is 1. The van der Waals surface area contributed by atoms with Crippen LogP contribution in [0, 0.1) is 0 Å². The summed E-state index contributed by atoms with van der Waals surface area (Å²) in [6, 6.07) is 3.05. The van der Waals surface area contributed by atoms with Gasteiger partial charge in [-0.3, -0.25) is 9.59 Å². The number of ether oxygens (including phenoxy) is 2. The Kier molecular flexibility index (Phi) is 5.68. The van der Waals surface area contributed by atoms with Crippen molar-refractivity contribution in [2.45, 2.75) is 31.7 Å². The number of anilines is 1. The Morgan fingerprint density at radius 2 is 2.14 bits per heavy atom. The summed E-state index contributed by atoms with van der Waals surface area (Å²) >= 11 is 7.67. The molecule has 0 bridgehead atoms. The summed E-state index contributed by atoms with van der Waals surface area (Å²) in [6.45, 7) is 1.66. The molecule has 1 fully saturated rings. The van der Waals surface area contributed by atoms with Gasteiger partial charge in [-0.05, 0) is 30.5 Å². The normalized spacial score (nSPS) is 18.6. The van der Waals surface area contributed by atoms with Gasteiger partial charge in [0, 0.05) is 24.5 Å². The summed E-state index contributed by atoms with van der Waals surface area (Å²) in [6.07, 6.45) is 4.00. The number of rotatable bonds is 4. The molecule has 1 aromatic heterocycles. The topological polar surface area (TPSA) is 80.8 Å². The van der Waals surface area contributed by atoms with Crippen LogP contribution in [0.15, 0.2) is 23.7 Å². The number of fused-ring (bicyclic) bond motifs is 1. The van der Waals surface area contributed by atoms with Crippen LogP contribution in [0.3, 0.4) is 0 Å². The SMILES string of the molecule is O=C(Nc1nccs1)[C@@H]1CCCN1C(=O)Cc1cc(Cl)c2c(c1)OCCCO2. The monoisotopic (exact) mass is 421 g/mol. The maximum Gasteiger partial charge on any atom is 0.248 e. The molecular formula is C19H20ClN3O4S. The molecule has 4 rings (SSSR count). The van der Waals surface area contributed by atoms with Crippen LogP contribution >= 0.6 is 22.9 Å². The summed E-state index contributed by atoms with van der Waals surface area (Å²) in [5.41, 5.74) is 0.741. The van der Waals surface area contributed by atoms with Crippen LogP contribution in [0.5, 0.6) is 11.5 Å². The first-order chi connectivity index (χ1) is 13.6. The number of carbonyl (C=O) groups is 2. The first-order valence-electron chi connectivity index (χ1n) is 9.19. The Morgan fingerprint density at radius 3 is 2.96 bits per heavy atom. The molecule has 148 valence electrons. The molecule has 1 aromatic carbocycles. The van der Waals surface area contributed by atoms with Crippen LogP contribution in [-0.2, 0) is 16.0 Å². The molecule has 0 saturated carbocycles. The Labute approximate surface area is 171 Å². The fourth-order valence-corrected chi connectivity index (χ4v) is 4.29. The van der Waals surface area contributed by atoms with Crippen molar-refractivity contribution in [1.82, 2.24) is 9.88 Å². The van der Waals surface area contributed by atoms with Gasteiger partial charge < -0.3 is 19.7 Å². The highest BCUT2D eigenvalue weighted by Gasteiger charge is 2.34. The second-order valence-electron chi connectivity index (χ2n) is 6.70. The highest BCUT2D eigenvalue weighted by atomic mass is 35.5. The van der Waals surface area contributed by atoms with E-state index in [-0.39, 0.29) is 18.2 Å². The van der Waals surface area contributed by atoms with E-state index in [0.29, 0.717) is 47.8 Å². The Morgan fingerprint density at radius 1 is 1.29 bits per heavy atom. The molecule has 3 heterocycles. The molecule has 2 amide bonds. The van der Waals surface area contributed by atoms with Crippen LogP contribution in [0.1, 0.15) is 24.8 Å². The van der Waals surface area contributed by atoms with E-state index in [9.17, 15) is 9.59 Å². The van der Waals surface area contributed by atoms with E-state index in [0.717, 1.165) is 18.4 Å². The minimum absolute atomic E-state index is 0.109. The van der Waals surface area contributed by atoms with Crippen molar-refractivity contribution in [3.8, 4) is 11.5 Å². The highest BCUT2D eigenvalue weighted by molar-refractivity contribution is 7.13. The Hall–Kier alpha value is -2.32. The molecule has 0 spiro atoms. The average molecular weight is 422 g/mol. The summed E-state index contributed by atoms with van der Waals surface area (Å²) in [4.78, 5) is 31.2. The van der Waals surface area contributed by atoms with E-state index < -0.39 is 6.04 Å². The molecule has 28 heavy (non-hydrogen) atoms. The number of halogens is 1. The molecule has 7 nitrogen and oxygen atoms in total. The number of likely N-dealkylation sites (tertiary alicyclic amines) is 1. The minimum atomic E-state index is -0.479. The number of carbonyl (C=O) groups excluding carboxylic acids is 2. The van der Waals surface area contributed by atoms with Crippen LogP contribution in [0.4, 0.5) is 5.13 Å². The summed E-state index contributed by atoms with van der Waals surface area (Å²) in [5.74, 6) is 0.782. The molecule has 1 N–H and O–H groups in total. The second-order valence-corrected chi connectivity index (χ2v) is 8.01. The van der Waals surface area contributed by atoms with Crippen molar-refractivity contribution in [2.75, 3.05) is 25.1 Å². The maximum absolute atomic E-state index is 12.9. The molecule has 2 aliphatic heterocycles. The number of nitrogens with zero attached hydrogens (tertiary/aromatic N) is 2. The lowest BCUT2D eigenvalue weighted by molar-refractivity contribution is -0.136. The molecule has 9 heteroatoms. The number of amides is 2. The predicted octanol–water partition coefficient (Wildman–Crippen LogP) is 3.13. The molecule has 2 aromatic rings. The van der Waals surface area contributed by atoms with E-state index >= 15 is 0 Å². The van der Waals surface area contributed by atoms with Gasteiger partial charge in [0.15, 0.2) is 16.6 Å². The van der Waals surface area contributed by atoms with Gasteiger partial charge in [0.2, 0.25) is 11.8 Å². The number of hydrogen-bond acceptors (Lipinski definition) is 6. The van der Waals surface area contributed by atoms with E-state index in [1.54, 1.807) is 28.6 Å². The van der Waals surface area contributed by atoms with Crippen molar-refractivity contribution >= 4 is 39.9 Å². The molecule has 0 aliphatic carbocycles. The summed E-state index contributed by atoms with van der Waals surface area (Å²) in [7, 11) is 0. The molecule has 1 saturated heterocycles. The van der Waals surface area contributed by atoms with Gasteiger partial charge in [0.25, 0.3) is 0 Å². The largest absolute Gasteiger partial charge is 0.489 e. The van der Waals surface area contributed by atoms with Crippen LogP contribution in [0.2, 0.25) is 5.02 Å². The smallest absolute Gasteiger partial charge is 0.248 e. The van der Waals surface area contributed by atoms with E-state index in [4.69, 9.17) is 21.1 Å². The van der Waals surface area contributed by atoms with E-state index in [2.05, 4.69) is 10.3 Å². The van der Waals surface area contributed by atoms with Crippen molar-refractivity contribution in [1.29, 1.82) is 0 Å². The minimum Gasteiger partial charge on any atom is -0.489 e. The summed E-state index contributed by atoms with van der Waals surface area (Å²) in [5, 5.41) is 5.55.